The van der Waals surface area contributed by atoms with Crippen LogP contribution in [-0.2, 0) is 6.18 Å². The van der Waals surface area contributed by atoms with E-state index in [1.165, 1.54) is 0 Å². The van der Waals surface area contributed by atoms with Crippen molar-refractivity contribution < 1.29 is 22.4 Å². The maximum absolute atomic E-state index is 13.8. The summed E-state index contributed by atoms with van der Waals surface area (Å²) in [5.74, 6) is -2.17. The summed E-state index contributed by atoms with van der Waals surface area (Å²) in [5.41, 5.74) is -0.609. The zero-order valence-electron chi connectivity index (χ0n) is 11.3. The van der Waals surface area contributed by atoms with Gasteiger partial charge in [-0.15, -0.1) is 0 Å². The van der Waals surface area contributed by atoms with Crippen molar-refractivity contribution >= 4 is 23.2 Å². The molecule has 7 heteroatoms. The molecule has 0 fully saturated rings. The van der Waals surface area contributed by atoms with Crippen molar-refractivity contribution in [3.05, 3.63) is 63.9 Å². The van der Waals surface area contributed by atoms with Gasteiger partial charge in [-0.1, -0.05) is 23.7 Å². The van der Waals surface area contributed by atoms with Gasteiger partial charge in [0.1, 0.15) is 5.82 Å². The lowest BCUT2D eigenvalue weighted by Crippen LogP contribution is -2.16. The number of hydrogen-bond acceptors (Lipinski definition) is 1. The molecule has 0 aliphatic rings. The number of aryl methyl sites for hydroxylation is 1. The Morgan fingerprint density at radius 2 is 1.86 bits per heavy atom. The van der Waals surface area contributed by atoms with Crippen molar-refractivity contribution in [2.75, 3.05) is 5.32 Å². The third-order valence-electron chi connectivity index (χ3n) is 2.88. The number of carbonyl (C=O) groups excluding carboxylic acids is 1. The lowest BCUT2D eigenvalue weighted by molar-refractivity contribution is -0.137. The first-order valence-electron chi connectivity index (χ1n) is 6.13. The average Bonchev–Trinajstić information content (AvgIpc) is 2.39. The largest absolute Gasteiger partial charge is 0.417 e. The van der Waals surface area contributed by atoms with Crippen LogP contribution < -0.4 is 5.32 Å². The van der Waals surface area contributed by atoms with Crippen LogP contribution in [0.4, 0.5) is 23.2 Å². The van der Waals surface area contributed by atoms with E-state index in [0.29, 0.717) is 11.8 Å². The van der Waals surface area contributed by atoms with Crippen LogP contribution in [0.2, 0.25) is 5.02 Å². The molecule has 0 spiro atoms. The van der Waals surface area contributed by atoms with Gasteiger partial charge in [-0.05, 0) is 36.8 Å². The van der Waals surface area contributed by atoms with Crippen molar-refractivity contribution in [2.24, 2.45) is 0 Å². The van der Waals surface area contributed by atoms with Gasteiger partial charge in [0.25, 0.3) is 5.91 Å². The van der Waals surface area contributed by atoms with Crippen molar-refractivity contribution in [3.8, 4) is 0 Å². The third-order valence-corrected chi connectivity index (χ3v) is 3.20. The van der Waals surface area contributed by atoms with E-state index in [1.54, 1.807) is 31.2 Å². The molecule has 0 heterocycles. The van der Waals surface area contributed by atoms with Gasteiger partial charge in [-0.2, -0.15) is 13.2 Å². The molecule has 0 radical (unpaired) electrons. The molecule has 1 N–H and O–H groups in total. The van der Waals surface area contributed by atoms with Gasteiger partial charge in [-0.3, -0.25) is 4.79 Å². The predicted molar refractivity (Wildman–Crippen MR) is 75.5 cm³/mol. The standard InChI is InChI=1S/C15H10ClF4NO/c1-8-3-2-4-9(5-8)21-14(22)10-6-12(16)11(7-13(10)17)15(18,19)20/h2-7H,1H3,(H,21,22). The summed E-state index contributed by atoms with van der Waals surface area (Å²) in [6, 6.07) is 7.58. The van der Waals surface area contributed by atoms with Crippen molar-refractivity contribution in [1.29, 1.82) is 0 Å². The second kappa shape index (κ2) is 5.96. The number of benzene rings is 2. The highest BCUT2D eigenvalue weighted by molar-refractivity contribution is 6.32. The summed E-state index contributed by atoms with van der Waals surface area (Å²) in [5, 5.41) is 1.67. The van der Waals surface area contributed by atoms with Crippen LogP contribution in [0.25, 0.3) is 0 Å². The first-order chi connectivity index (χ1) is 10.2. The average molecular weight is 332 g/mol. The van der Waals surface area contributed by atoms with E-state index in [9.17, 15) is 22.4 Å². The van der Waals surface area contributed by atoms with Crippen LogP contribution in [-0.4, -0.2) is 5.91 Å². The van der Waals surface area contributed by atoms with Crippen molar-refractivity contribution in [2.45, 2.75) is 13.1 Å². The smallest absolute Gasteiger partial charge is 0.322 e. The van der Waals surface area contributed by atoms with Crippen LogP contribution in [0.15, 0.2) is 36.4 Å². The maximum atomic E-state index is 13.8. The van der Waals surface area contributed by atoms with E-state index in [0.717, 1.165) is 5.56 Å². The molecule has 22 heavy (non-hydrogen) atoms. The molecule has 1 amide bonds. The number of alkyl halides is 3. The van der Waals surface area contributed by atoms with Crippen LogP contribution in [0.5, 0.6) is 0 Å². The minimum Gasteiger partial charge on any atom is -0.322 e. The summed E-state index contributed by atoms with van der Waals surface area (Å²) in [6.45, 7) is 1.80. The first kappa shape index (κ1) is 16.3. The summed E-state index contributed by atoms with van der Waals surface area (Å²) in [7, 11) is 0. The molecule has 116 valence electrons. The Bertz CT molecular complexity index is 728. The van der Waals surface area contributed by atoms with Gasteiger partial charge < -0.3 is 5.32 Å². The van der Waals surface area contributed by atoms with Crippen molar-refractivity contribution in [1.82, 2.24) is 0 Å². The minimum absolute atomic E-state index is 0.216. The van der Waals surface area contributed by atoms with E-state index in [-0.39, 0.29) is 6.07 Å². The monoisotopic (exact) mass is 331 g/mol. The molecule has 0 aromatic heterocycles. The number of nitrogens with one attached hydrogen (secondary N) is 1. The number of halogens is 5. The van der Waals surface area contributed by atoms with Gasteiger partial charge in [-0.25, -0.2) is 4.39 Å². The normalized spacial score (nSPS) is 11.4. The van der Waals surface area contributed by atoms with Gasteiger partial charge >= 0.3 is 6.18 Å². The van der Waals surface area contributed by atoms with Gasteiger partial charge in [0.2, 0.25) is 0 Å². The molecular formula is C15H10ClF4NO. The number of amides is 1. The van der Waals surface area contributed by atoms with Crippen LogP contribution in [0.3, 0.4) is 0 Å². The Balaban J connectivity index is 2.33. The van der Waals surface area contributed by atoms with E-state index in [1.807, 2.05) is 0 Å². The number of rotatable bonds is 2. The lowest BCUT2D eigenvalue weighted by atomic mass is 10.1. The fraction of sp³-hybridized carbons (Fsp3) is 0.133. The lowest BCUT2D eigenvalue weighted by Gasteiger charge is -2.12. The molecule has 0 aliphatic heterocycles. The van der Waals surface area contributed by atoms with E-state index < -0.39 is 34.1 Å². The molecule has 2 aromatic carbocycles. The molecule has 0 saturated carbocycles. The minimum atomic E-state index is -4.79. The quantitative estimate of drug-likeness (QED) is 0.766. The molecule has 0 unspecified atom stereocenters. The summed E-state index contributed by atoms with van der Waals surface area (Å²) >= 11 is 5.49. The van der Waals surface area contributed by atoms with Crippen LogP contribution >= 0.6 is 11.6 Å². The maximum Gasteiger partial charge on any atom is 0.417 e. The fourth-order valence-electron chi connectivity index (χ4n) is 1.86. The summed E-state index contributed by atoms with van der Waals surface area (Å²) in [6.07, 6.45) is -4.79. The first-order valence-corrected chi connectivity index (χ1v) is 6.50. The Kier molecular flexibility index (Phi) is 4.42. The molecule has 0 atom stereocenters. The van der Waals surface area contributed by atoms with E-state index in [2.05, 4.69) is 5.32 Å². The topological polar surface area (TPSA) is 29.1 Å². The number of hydrogen-bond donors (Lipinski definition) is 1. The van der Waals surface area contributed by atoms with Gasteiger partial charge in [0.05, 0.1) is 16.1 Å². The molecule has 0 aliphatic carbocycles. The Hall–Kier alpha value is -2.08. The molecular weight excluding hydrogens is 322 g/mol. The molecule has 2 aromatic rings. The van der Waals surface area contributed by atoms with E-state index >= 15 is 0 Å². The number of anilines is 1. The van der Waals surface area contributed by atoms with Crippen LogP contribution in [0.1, 0.15) is 21.5 Å². The zero-order valence-corrected chi connectivity index (χ0v) is 12.0. The van der Waals surface area contributed by atoms with Gasteiger partial charge in [0.15, 0.2) is 0 Å². The Morgan fingerprint density at radius 3 is 2.45 bits per heavy atom. The second-order valence-electron chi connectivity index (χ2n) is 4.63. The summed E-state index contributed by atoms with van der Waals surface area (Å²) in [4.78, 5) is 12.0. The van der Waals surface area contributed by atoms with E-state index in [4.69, 9.17) is 11.6 Å². The Morgan fingerprint density at radius 1 is 1.18 bits per heavy atom. The van der Waals surface area contributed by atoms with Crippen molar-refractivity contribution in [3.63, 3.8) is 0 Å². The second-order valence-corrected chi connectivity index (χ2v) is 5.04. The highest BCUT2D eigenvalue weighted by Gasteiger charge is 2.34. The predicted octanol–water partition coefficient (Wildman–Crippen LogP) is 5.06. The highest BCUT2D eigenvalue weighted by atomic mass is 35.5. The molecule has 0 bridgehead atoms. The molecule has 2 rings (SSSR count). The summed E-state index contributed by atoms with van der Waals surface area (Å²) < 4.78 is 51.6. The highest BCUT2D eigenvalue weighted by Crippen LogP contribution is 2.36. The third kappa shape index (κ3) is 3.57. The Labute approximate surface area is 128 Å². The fourth-order valence-corrected chi connectivity index (χ4v) is 2.13. The molecule has 2 nitrogen and oxygen atoms in total. The SMILES string of the molecule is Cc1cccc(NC(=O)c2cc(Cl)c(C(F)(F)F)cc2F)c1. The zero-order chi connectivity index (χ0) is 16.5. The van der Waals surface area contributed by atoms with Gasteiger partial charge in [0, 0.05) is 5.69 Å². The number of carbonyl (C=O) groups is 1. The van der Waals surface area contributed by atoms with Crippen LogP contribution in [0, 0.1) is 12.7 Å². The molecule has 0 saturated heterocycles.